The van der Waals surface area contributed by atoms with Crippen LogP contribution in [0.25, 0.3) is 0 Å². The Labute approximate surface area is 205 Å². The van der Waals surface area contributed by atoms with Gasteiger partial charge in [0.2, 0.25) is 17.7 Å². The van der Waals surface area contributed by atoms with Crippen LogP contribution in [0.5, 0.6) is 5.75 Å². The van der Waals surface area contributed by atoms with Gasteiger partial charge in [-0.15, -0.1) is 0 Å². The number of benzene rings is 2. The third-order valence-electron chi connectivity index (χ3n) is 6.92. The summed E-state index contributed by atoms with van der Waals surface area (Å²) < 4.78 is 11.4. The first-order valence-corrected chi connectivity index (χ1v) is 12.3. The summed E-state index contributed by atoms with van der Waals surface area (Å²) in [5.74, 6) is -1.03. The van der Waals surface area contributed by atoms with E-state index in [9.17, 15) is 14.4 Å². The molecular formula is C27H31N3O5. The fraction of sp³-hybridized carbons (Fsp3) is 0.444. The van der Waals surface area contributed by atoms with Crippen LogP contribution >= 0.6 is 0 Å². The SMILES string of the molecule is O=C1CCC[C@H](C(=O)N2Cc3ccc(OCc4ccc(CN5CCOCC5)cc4)cc3C2)C(=O)N1. The molecule has 1 N–H and O–H groups in total. The van der Waals surface area contributed by atoms with Gasteiger partial charge in [0, 0.05) is 39.1 Å². The summed E-state index contributed by atoms with van der Waals surface area (Å²) in [5.41, 5.74) is 4.47. The van der Waals surface area contributed by atoms with Crippen molar-refractivity contribution in [1.82, 2.24) is 15.1 Å². The number of rotatable bonds is 6. The largest absolute Gasteiger partial charge is 0.489 e. The van der Waals surface area contributed by atoms with Crippen molar-refractivity contribution in [2.24, 2.45) is 5.92 Å². The van der Waals surface area contributed by atoms with Crippen LogP contribution in [0.4, 0.5) is 0 Å². The fourth-order valence-electron chi connectivity index (χ4n) is 4.88. The number of hydrogen-bond acceptors (Lipinski definition) is 6. The van der Waals surface area contributed by atoms with Crippen LogP contribution in [0.1, 0.15) is 41.5 Å². The molecule has 1 atom stereocenters. The van der Waals surface area contributed by atoms with E-state index in [1.165, 1.54) is 5.56 Å². The Morgan fingerprint density at radius 3 is 2.54 bits per heavy atom. The molecule has 3 aliphatic rings. The van der Waals surface area contributed by atoms with Gasteiger partial charge in [-0.1, -0.05) is 30.3 Å². The number of carbonyl (C=O) groups is 3. The molecule has 0 aromatic heterocycles. The topological polar surface area (TPSA) is 88.2 Å². The molecule has 35 heavy (non-hydrogen) atoms. The van der Waals surface area contributed by atoms with E-state index in [1.807, 2.05) is 18.2 Å². The van der Waals surface area contributed by atoms with Crippen molar-refractivity contribution in [3.8, 4) is 5.75 Å². The fourth-order valence-corrected chi connectivity index (χ4v) is 4.88. The maximum Gasteiger partial charge on any atom is 0.239 e. The highest BCUT2D eigenvalue weighted by molar-refractivity contribution is 6.07. The molecule has 8 heteroatoms. The number of ether oxygens (including phenoxy) is 2. The van der Waals surface area contributed by atoms with Gasteiger partial charge in [-0.25, -0.2) is 0 Å². The molecule has 8 nitrogen and oxygen atoms in total. The first-order chi connectivity index (χ1) is 17.0. The standard InChI is InChI=1S/C27H31N3O5/c31-25-3-1-2-24(26(32)28-25)27(33)30-16-21-8-9-23(14-22(21)17-30)35-18-20-6-4-19(5-7-20)15-29-10-12-34-13-11-29/h4-9,14,24H,1-3,10-13,15-18H2,(H,28,31,32)/t24-/m0/s1. The number of nitrogens with one attached hydrogen (secondary N) is 1. The van der Waals surface area contributed by atoms with Crippen molar-refractivity contribution < 1.29 is 23.9 Å². The Hall–Kier alpha value is -3.23. The molecule has 184 valence electrons. The highest BCUT2D eigenvalue weighted by atomic mass is 16.5. The number of nitrogens with zero attached hydrogens (tertiary/aromatic N) is 2. The normalized spacial score (nSPS) is 20.8. The first kappa shape index (κ1) is 23.5. The van der Waals surface area contributed by atoms with Crippen molar-refractivity contribution >= 4 is 17.7 Å². The summed E-state index contributed by atoms with van der Waals surface area (Å²) in [4.78, 5) is 41.0. The predicted octanol–water partition coefficient (Wildman–Crippen LogP) is 2.38. The molecule has 0 bridgehead atoms. The summed E-state index contributed by atoms with van der Waals surface area (Å²) in [5, 5.41) is 2.33. The first-order valence-electron chi connectivity index (χ1n) is 12.3. The van der Waals surface area contributed by atoms with E-state index in [-0.39, 0.29) is 18.2 Å². The average molecular weight is 478 g/mol. The number of carbonyl (C=O) groups excluding carboxylic acids is 3. The van der Waals surface area contributed by atoms with Gasteiger partial charge in [0.05, 0.1) is 13.2 Å². The minimum atomic E-state index is -0.794. The molecule has 0 unspecified atom stereocenters. The molecule has 5 rings (SSSR count). The molecule has 0 aliphatic carbocycles. The minimum Gasteiger partial charge on any atom is -0.489 e. The molecule has 2 aromatic rings. The lowest BCUT2D eigenvalue weighted by molar-refractivity contribution is -0.143. The Kier molecular flexibility index (Phi) is 7.11. The van der Waals surface area contributed by atoms with Gasteiger partial charge in [0.25, 0.3) is 0 Å². The zero-order chi connectivity index (χ0) is 24.2. The predicted molar refractivity (Wildman–Crippen MR) is 128 cm³/mol. The van der Waals surface area contributed by atoms with Gasteiger partial charge >= 0.3 is 0 Å². The lowest BCUT2D eigenvalue weighted by Gasteiger charge is -2.26. The molecule has 3 amide bonds. The third kappa shape index (κ3) is 5.71. The number of hydrogen-bond donors (Lipinski definition) is 1. The lowest BCUT2D eigenvalue weighted by Crippen LogP contribution is -2.42. The Morgan fingerprint density at radius 2 is 1.74 bits per heavy atom. The van der Waals surface area contributed by atoms with Crippen LogP contribution in [0, 0.1) is 5.92 Å². The number of imide groups is 1. The van der Waals surface area contributed by atoms with Crippen molar-refractivity contribution in [3.63, 3.8) is 0 Å². The zero-order valence-corrected chi connectivity index (χ0v) is 19.8. The van der Waals surface area contributed by atoms with Crippen LogP contribution in [-0.2, 0) is 45.4 Å². The number of fused-ring (bicyclic) bond motifs is 1. The molecule has 3 aliphatic heterocycles. The van der Waals surface area contributed by atoms with Crippen LogP contribution in [0.3, 0.4) is 0 Å². The van der Waals surface area contributed by atoms with Crippen molar-refractivity contribution in [2.45, 2.75) is 45.5 Å². The highest BCUT2D eigenvalue weighted by Crippen LogP contribution is 2.29. The summed E-state index contributed by atoms with van der Waals surface area (Å²) >= 11 is 0. The van der Waals surface area contributed by atoms with Crippen LogP contribution < -0.4 is 10.1 Å². The molecule has 0 saturated carbocycles. The van der Waals surface area contributed by atoms with E-state index >= 15 is 0 Å². The Balaban J connectivity index is 1.15. The zero-order valence-electron chi connectivity index (χ0n) is 19.8. The molecule has 2 aromatic carbocycles. The van der Waals surface area contributed by atoms with E-state index in [2.05, 4.69) is 34.5 Å². The molecular weight excluding hydrogens is 446 g/mol. The van der Waals surface area contributed by atoms with Gasteiger partial charge in [0.1, 0.15) is 18.3 Å². The van der Waals surface area contributed by atoms with Gasteiger partial charge in [-0.3, -0.25) is 24.6 Å². The monoisotopic (exact) mass is 477 g/mol. The van der Waals surface area contributed by atoms with E-state index in [4.69, 9.17) is 9.47 Å². The third-order valence-corrected chi connectivity index (χ3v) is 6.92. The molecule has 2 saturated heterocycles. The smallest absolute Gasteiger partial charge is 0.239 e. The van der Waals surface area contributed by atoms with Crippen molar-refractivity contribution in [1.29, 1.82) is 0 Å². The maximum atomic E-state index is 13.0. The van der Waals surface area contributed by atoms with Gasteiger partial charge in [0.15, 0.2) is 0 Å². The van der Waals surface area contributed by atoms with Crippen LogP contribution in [-0.4, -0.2) is 53.8 Å². The van der Waals surface area contributed by atoms with Crippen molar-refractivity contribution in [2.75, 3.05) is 26.3 Å². The molecule has 0 spiro atoms. The molecule has 3 heterocycles. The van der Waals surface area contributed by atoms with E-state index in [0.717, 1.165) is 55.3 Å². The average Bonchev–Trinajstić information content (AvgIpc) is 3.22. The Morgan fingerprint density at radius 1 is 1.00 bits per heavy atom. The molecule has 0 radical (unpaired) electrons. The van der Waals surface area contributed by atoms with Gasteiger partial charge < -0.3 is 14.4 Å². The van der Waals surface area contributed by atoms with Gasteiger partial charge in [-0.2, -0.15) is 0 Å². The van der Waals surface area contributed by atoms with Gasteiger partial charge in [-0.05, 0) is 47.2 Å². The molecule has 2 fully saturated rings. The second-order valence-corrected chi connectivity index (χ2v) is 9.48. The second kappa shape index (κ2) is 10.6. The second-order valence-electron chi connectivity index (χ2n) is 9.48. The number of morpholine rings is 1. The quantitative estimate of drug-likeness (QED) is 0.508. The summed E-state index contributed by atoms with van der Waals surface area (Å²) in [7, 11) is 0. The van der Waals surface area contributed by atoms with E-state index in [0.29, 0.717) is 32.5 Å². The summed E-state index contributed by atoms with van der Waals surface area (Å²) in [6.45, 7) is 5.86. The number of amides is 3. The highest BCUT2D eigenvalue weighted by Gasteiger charge is 2.35. The van der Waals surface area contributed by atoms with Crippen molar-refractivity contribution in [3.05, 3.63) is 64.7 Å². The van der Waals surface area contributed by atoms with Crippen LogP contribution in [0.15, 0.2) is 42.5 Å². The van der Waals surface area contributed by atoms with E-state index in [1.54, 1.807) is 4.90 Å². The maximum absolute atomic E-state index is 13.0. The van der Waals surface area contributed by atoms with Crippen LogP contribution in [0.2, 0.25) is 0 Å². The Bertz CT molecular complexity index is 1090. The summed E-state index contributed by atoms with van der Waals surface area (Å²) in [6, 6.07) is 14.4. The lowest BCUT2D eigenvalue weighted by atomic mass is 10.0. The minimum absolute atomic E-state index is 0.215. The summed E-state index contributed by atoms with van der Waals surface area (Å²) in [6.07, 6.45) is 1.23. The van der Waals surface area contributed by atoms with E-state index < -0.39 is 11.8 Å².